The lowest BCUT2D eigenvalue weighted by Gasteiger charge is -2.12. The van der Waals surface area contributed by atoms with Crippen LogP contribution in [0.25, 0.3) is 0 Å². The first kappa shape index (κ1) is 20.6. The summed E-state index contributed by atoms with van der Waals surface area (Å²) in [5.74, 6) is -1.39. The highest BCUT2D eigenvalue weighted by Crippen LogP contribution is 2.18. The number of carbonyl (C=O) groups excluding carboxylic acids is 2. The Kier molecular flexibility index (Phi) is 6.45. The van der Waals surface area contributed by atoms with Gasteiger partial charge in [-0.05, 0) is 42.3 Å². The molecular formula is C22H18FN5O2. The third kappa shape index (κ3) is 5.23. The molecule has 0 aliphatic carbocycles. The second kappa shape index (κ2) is 9.39. The normalized spacial score (nSPS) is 11.2. The van der Waals surface area contributed by atoms with Crippen molar-refractivity contribution < 1.29 is 14.0 Å². The molecule has 0 saturated carbocycles. The van der Waals surface area contributed by atoms with Gasteiger partial charge >= 0.3 is 0 Å². The van der Waals surface area contributed by atoms with Crippen molar-refractivity contribution in [3.63, 3.8) is 0 Å². The van der Waals surface area contributed by atoms with Crippen LogP contribution in [0.2, 0.25) is 0 Å². The molecule has 3 rings (SSSR count). The number of amides is 2. The van der Waals surface area contributed by atoms with Gasteiger partial charge in [0.2, 0.25) is 5.91 Å². The van der Waals surface area contributed by atoms with Crippen molar-refractivity contribution in [3.8, 4) is 6.07 Å². The lowest BCUT2D eigenvalue weighted by atomic mass is 9.99. The molecule has 2 aromatic carbocycles. The second-order valence-electron chi connectivity index (χ2n) is 6.54. The number of nitriles is 1. The minimum Gasteiger partial charge on any atom is -0.347 e. The Morgan fingerprint density at radius 2 is 1.80 bits per heavy atom. The van der Waals surface area contributed by atoms with Crippen LogP contribution in [0.5, 0.6) is 0 Å². The molecule has 0 bridgehead atoms. The minimum atomic E-state index is -0.483. The Morgan fingerprint density at radius 1 is 1.10 bits per heavy atom. The van der Waals surface area contributed by atoms with Crippen LogP contribution in [0.1, 0.15) is 40.0 Å². The van der Waals surface area contributed by atoms with E-state index in [0.717, 1.165) is 11.1 Å². The molecule has 0 unspecified atom stereocenters. The number of aromatic nitrogens is 2. The van der Waals surface area contributed by atoms with Gasteiger partial charge in [0.05, 0.1) is 17.6 Å². The standard InChI is InChI=1S/C22H18FN5O2/c1-14(17-6-2-15(11-24)3-7-17)21(29)28-20-10-19(26-13-27-20)22(30)25-12-16-4-8-18(23)9-5-16/h2-10,13-14H,12H2,1H3,(H,25,30)(H,26,27,28,29)/t14-/m0/s1. The van der Waals surface area contributed by atoms with E-state index in [1.54, 1.807) is 43.3 Å². The molecule has 1 aromatic heterocycles. The predicted octanol–water partition coefficient (Wildman–Crippen LogP) is 3.16. The molecule has 0 aliphatic rings. The molecular weight excluding hydrogens is 385 g/mol. The fourth-order valence-corrected chi connectivity index (χ4v) is 2.66. The molecule has 1 atom stereocenters. The molecule has 0 aliphatic heterocycles. The number of hydrogen-bond acceptors (Lipinski definition) is 5. The minimum absolute atomic E-state index is 0.0911. The van der Waals surface area contributed by atoms with E-state index in [4.69, 9.17) is 5.26 Å². The van der Waals surface area contributed by atoms with Gasteiger partial charge in [-0.25, -0.2) is 14.4 Å². The number of rotatable bonds is 6. The third-order valence-electron chi connectivity index (χ3n) is 4.45. The molecule has 1 heterocycles. The van der Waals surface area contributed by atoms with Crippen LogP contribution in [-0.4, -0.2) is 21.8 Å². The summed E-state index contributed by atoms with van der Waals surface area (Å²) >= 11 is 0. The van der Waals surface area contributed by atoms with Crippen molar-refractivity contribution in [2.45, 2.75) is 19.4 Å². The average molecular weight is 403 g/mol. The van der Waals surface area contributed by atoms with E-state index < -0.39 is 11.8 Å². The molecule has 7 nitrogen and oxygen atoms in total. The van der Waals surface area contributed by atoms with Gasteiger partial charge in [0.15, 0.2) is 0 Å². The van der Waals surface area contributed by atoms with Crippen LogP contribution in [0.4, 0.5) is 10.2 Å². The van der Waals surface area contributed by atoms with Crippen LogP contribution in [0, 0.1) is 17.1 Å². The smallest absolute Gasteiger partial charge is 0.270 e. The Balaban J connectivity index is 1.62. The highest BCUT2D eigenvalue weighted by atomic mass is 19.1. The third-order valence-corrected chi connectivity index (χ3v) is 4.45. The van der Waals surface area contributed by atoms with Crippen LogP contribution in [0.3, 0.4) is 0 Å². The fraction of sp³-hybridized carbons (Fsp3) is 0.136. The lowest BCUT2D eigenvalue weighted by molar-refractivity contribution is -0.117. The average Bonchev–Trinajstić information content (AvgIpc) is 2.78. The molecule has 0 saturated heterocycles. The first-order valence-electron chi connectivity index (χ1n) is 9.12. The number of nitrogens with zero attached hydrogens (tertiary/aromatic N) is 3. The highest BCUT2D eigenvalue weighted by Gasteiger charge is 2.17. The molecule has 150 valence electrons. The maximum absolute atomic E-state index is 12.9. The summed E-state index contributed by atoms with van der Waals surface area (Å²) in [6.45, 7) is 1.94. The van der Waals surface area contributed by atoms with E-state index in [9.17, 15) is 14.0 Å². The van der Waals surface area contributed by atoms with Gasteiger partial charge in [-0.1, -0.05) is 24.3 Å². The zero-order chi connectivity index (χ0) is 21.5. The van der Waals surface area contributed by atoms with Crippen LogP contribution < -0.4 is 10.6 Å². The Morgan fingerprint density at radius 3 is 2.47 bits per heavy atom. The van der Waals surface area contributed by atoms with Crippen molar-refractivity contribution in [2.75, 3.05) is 5.32 Å². The predicted molar refractivity (Wildman–Crippen MR) is 108 cm³/mol. The van der Waals surface area contributed by atoms with Crippen LogP contribution in [0.15, 0.2) is 60.9 Å². The zero-order valence-electron chi connectivity index (χ0n) is 16.1. The van der Waals surface area contributed by atoms with Gasteiger partial charge in [-0.2, -0.15) is 5.26 Å². The summed E-state index contributed by atoms with van der Waals surface area (Å²) in [6.07, 6.45) is 1.19. The van der Waals surface area contributed by atoms with E-state index in [1.807, 2.05) is 6.07 Å². The van der Waals surface area contributed by atoms with Gasteiger partial charge in [-0.15, -0.1) is 0 Å². The molecule has 30 heavy (non-hydrogen) atoms. The number of carbonyl (C=O) groups is 2. The number of halogens is 1. The zero-order valence-corrected chi connectivity index (χ0v) is 16.1. The summed E-state index contributed by atoms with van der Waals surface area (Å²) in [4.78, 5) is 32.8. The second-order valence-corrected chi connectivity index (χ2v) is 6.54. The van der Waals surface area contributed by atoms with Crippen LogP contribution in [-0.2, 0) is 11.3 Å². The highest BCUT2D eigenvalue weighted by molar-refractivity contribution is 5.97. The number of nitrogens with one attached hydrogen (secondary N) is 2. The maximum atomic E-state index is 12.9. The summed E-state index contributed by atoms with van der Waals surface area (Å²) in [6, 6.07) is 15.9. The van der Waals surface area contributed by atoms with Crippen molar-refractivity contribution in [2.24, 2.45) is 0 Å². The maximum Gasteiger partial charge on any atom is 0.270 e. The first-order chi connectivity index (χ1) is 14.5. The van der Waals surface area contributed by atoms with Crippen molar-refractivity contribution >= 4 is 17.6 Å². The molecule has 2 amide bonds. The molecule has 0 fully saturated rings. The lowest BCUT2D eigenvalue weighted by Crippen LogP contribution is -2.25. The Hall–Kier alpha value is -4.12. The molecule has 8 heteroatoms. The van der Waals surface area contributed by atoms with Gasteiger partial charge in [0.1, 0.15) is 23.7 Å². The van der Waals surface area contributed by atoms with Crippen molar-refractivity contribution in [3.05, 3.63) is 89.1 Å². The van der Waals surface area contributed by atoms with Crippen molar-refractivity contribution in [1.29, 1.82) is 5.26 Å². The summed E-state index contributed by atoms with van der Waals surface area (Å²) in [7, 11) is 0. The van der Waals surface area contributed by atoms with Gasteiger partial charge < -0.3 is 10.6 Å². The van der Waals surface area contributed by atoms with Gasteiger partial charge in [-0.3, -0.25) is 9.59 Å². The van der Waals surface area contributed by atoms with E-state index in [2.05, 4.69) is 20.6 Å². The molecule has 0 spiro atoms. The van der Waals surface area contributed by atoms with E-state index in [1.165, 1.54) is 24.5 Å². The van der Waals surface area contributed by atoms with E-state index in [0.29, 0.717) is 5.56 Å². The topological polar surface area (TPSA) is 108 Å². The number of hydrogen-bond donors (Lipinski definition) is 2. The van der Waals surface area contributed by atoms with Gasteiger partial charge in [0.25, 0.3) is 5.91 Å². The number of benzene rings is 2. The monoisotopic (exact) mass is 403 g/mol. The molecule has 0 radical (unpaired) electrons. The van der Waals surface area contributed by atoms with E-state index >= 15 is 0 Å². The summed E-state index contributed by atoms with van der Waals surface area (Å²) in [5, 5.41) is 14.2. The summed E-state index contributed by atoms with van der Waals surface area (Å²) in [5.41, 5.74) is 2.09. The van der Waals surface area contributed by atoms with Gasteiger partial charge in [0, 0.05) is 12.6 Å². The largest absolute Gasteiger partial charge is 0.347 e. The molecule has 2 N–H and O–H groups in total. The molecule has 3 aromatic rings. The fourth-order valence-electron chi connectivity index (χ4n) is 2.66. The Bertz CT molecular complexity index is 1090. The SMILES string of the molecule is C[C@H](C(=O)Nc1cc(C(=O)NCc2ccc(F)cc2)ncn1)c1ccc(C#N)cc1. The first-order valence-corrected chi connectivity index (χ1v) is 9.12. The summed E-state index contributed by atoms with van der Waals surface area (Å²) < 4.78 is 12.9. The Labute approximate surface area is 172 Å². The van der Waals surface area contributed by atoms with Crippen molar-refractivity contribution in [1.82, 2.24) is 15.3 Å². The van der Waals surface area contributed by atoms with E-state index in [-0.39, 0.29) is 29.8 Å². The quantitative estimate of drug-likeness (QED) is 0.657. The van der Waals surface area contributed by atoms with Crippen LogP contribution >= 0.6 is 0 Å². The number of anilines is 1.